The van der Waals surface area contributed by atoms with E-state index in [4.69, 9.17) is 10.5 Å². The molecule has 5 heteroatoms. The van der Waals surface area contributed by atoms with Crippen molar-refractivity contribution in [1.29, 1.82) is 0 Å². The Hall–Kier alpha value is -1.90. The predicted octanol–water partition coefficient (Wildman–Crippen LogP) is 0.548. The molecule has 1 amide bonds. The molecule has 3 N–H and O–H groups in total. The molecule has 5 nitrogen and oxygen atoms in total. The molecule has 1 aromatic heterocycles. The van der Waals surface area contributed by atoms with E-state index in [1.54, 1.807) is 18.3 Å². The summed E-state index contributed by atoms with van der Waals surface area (Å²) in [6.45, 7) is 2.50. The van der Waals surface area contributed by atoms with Gasteiger partial charge in [0.15, 0.2) is 0 Å². The summed E-state index contributed by atoms with van der Waals surface area (Å²) in [4.78, 5) is 16.1. The van der Waals surface area contributed by atoms with E-state index in [-0.39, 0.29) is 5.91 Å². The molecule has 2 heterocycles. The van der Waals surface area contributed by atoms with Gasteiger partial charge in [-0.1, -0.05) is 11.8 Å². The highest BCUT2D eigenvalue weighted by molar-refractivity contribution is 5.92. The number of ether oxygens (including phenoxy) is 1. The minimum atomic E-state index is -0.158. The summed E-state index contributed by atoms with van der Waals surface area (Å²) >= 11 is 0. The number of hydrogen-bond donors (Lipinski definition) is 2. The molecule has 1 fully saturated rings. The summed E-state index contributed by atoms with van der Waals surface area (Å²) < 4.78 is 5.38. The van der Waals surface area contributed by atoms with Crippen LogP contribution in [-0.4, -0.2) is 37.2 Å². The van der Waals surface area contributed by atoms with Crippen LogP contribution < -0.4 is 11.1 Å². The van der Waals surface area contributed by atoms with Gasteiger partial charge >= 0.3 is 0 Å². The number of amides is 1. The van der Waals surface area contributed by atoms with Crippen molar-refractivity contribution < 1.29 is 9.53 Å². The molecule has 20 heavy (non-hydrogen) atoms. The predicted molar refractivity (Wildman–Crippen MR) is 76.0 cm³/mol. The first-order chi connectivity index (χ1) is 9.79. The number of carbonyl (C=O) groups is 1. The van der Waals surface area contributed by atoms with E-state index in [1.807, 2.05) is 0 Å². The molecule has 1 aromatic rings. The van der Waals surface area contributed by atoms with Crippen molar-refractivity contribution in [3.05, 3.63) is 29.6 Å². The Balaban J connectivity index is 1.85. The summed E-state index contributed by atoms with van der Waals surface area (Å²) in [7, 11) is 0. The van der Waals surface area contributed by atoms with Crippen molar-refractivity contribution in [3.63, 3.8) is 0 Å². The van der Waals surface area contributed by atoms with Gasteiger partial charge in [-0.05, 0) is 30.9 Å². The fourth-order valence-corrected chi connectivity index (χ4v) is 2.05. The third kappa shape index (κ3) is 4.34. The molecular weight excluding hydrogens is 254 g/mol. The number of hydrogen-bond acceptors (Lipinski definition) is 4. The second-order valence-electron chi connectivity index (χ2n) is 4.73. The lowest BCUT2D eigenvalue weighted by Crippen LogP contribution is -2.33. The van der Waals surface area contributed by atoms with E-state index in [9.17, 15) is 4.79 Å². The van der Waals surface area contributed by atoms with Crippen molar-refractivity contribution in [2.75, 3.05) is 26.3 Å². The van der Waals surface area contributed by atoms with Crippen molar-refractivity contribution in [1.82, 2.24) is 10.3 Å². The Morgan fingerprint density at radius 1 is 1.55 bits per heavy atom. The lowest BCUT2D eigenvalue weighted by atomic mass is 10.0. The molecule has 0 aliphatic carbocycles. The van der Waals surface area contributed by atoms with Gasteiger partial charge in [-0.2, -0.15) is 0 Å². The van der Waals surface area contributed by atoms with Gasteiger partial charge in [0.1, 0.15) is 5.69 Å². The molecule has 1 unspecified atom stereocenters. The second kappa shape index (κ2) is 7.63. The second-order valence-corrected chi connectivity index (χ2v) is 4.73. The van der Waals surface area contributed by atoms with E-state index < -0.39 is 0 Å². The Labute approximate surface area is 118 Å². The number of nitrogens with two attached hydrogens (primary N) is 1. The van der Waals surface area contributed by atoms with Gasteiger partial charge in [0.25, 0.3) is 5.91 Å². The highest BCUT2D eigenvalue weighted by Crippen LogP contribution is 2.12. The zero-order valence-corrected chi connectivity index (χ0v) is 11.4. The molecule has 1 saturated heterocycles. The highest BCUT2D eigenvalue weighted by Gasteiger charge is 2.15. The SMILES string of the molecule is NCC#Cc1ccc(C(=O)NCC2CCCOC2)nc1. The lowest BCUT2D eigenvalue weighted by Gasteiger charge is -2.22. The first kappa shape index (κ1) is 14.5. The number of aromatic nitrogens is 1. The molecule has 0 aromatic carbocycles. The third-order valence-corrected chi connectivity index (χ3v) is 3.14. The summed E-state index contributed by atoms with van der Waals surface area (Å²) in [6.07, 6.45) is 3.75. The Bertz CT molecular complexity index is 496. The fraction of sp³-hybridized carbons (Fsp3) is 0.467. The maximum absolute atomic E-state index is 11.9. The maximum atomic E-state index is 11.9. The van der Waals surface area contributed by atoms with Gasteiger partial charge in [-0.25, -0.2) is 4.98 Å². The molecule has 1 aliphatic rings. The Morgan fingerprint density at radius 2 is 2.45 bits per heavy atom. The Kier molecular flexibility index (Phi) is 5.54. The van der Waals surface area contributed by atoms with Gasteiger partial charge < -0.3 is 15.8 Å². The molecule has 106 valence electrons. The number of nitrogens with one attached hydrogen (secondary N) is 1. The highest BCUT2D eigenvalue weighted by atomic mass is 16.5. The molecule has 1 atom stereocenters. The zero-order chi connectivity index (χ0) is 14.2. The van der Waals surface area contributed by atoms with Gasteiger partial charge in [0.05, 0.1) is 13.2 Å². The fourth-order valence-electron chi connectivity index (χ4n) is 2.05. The minimum Gasteiger partial charge on any atom is -0.381 e. The first-order valence-electron chi connectivity index (χ1n) is 6.80. The van der Waals surface area contributed by atoms with Crippen LogP contribution in [0.2, 0.25) is 0 Å². The average molecular weight is 273 g/mol. The number of carbonyl (C=O) groups excluding carboxylic acids is 1. The first-order valence-corrected chi connectivity index (χ1v) is 6.80. The minimum absolute atomic E-state index is 0.158. The smallest absolute Gasteiger partial charge is 0.269 e. The lowest BCUT2D eigenvalue weighted by molar-refractivity contribution is 0.0535. The van der Waals surface area contributed by atoms with Crippen LogP contribution in [-0.2, 0) is 4.74 Å². The van der Waals surface area contributed by atoms with Crippen molar-refractivity contribution >= 4 is 5.91 Å². The summed E-state index contributed by atoms with van der Waals surface area (Å²) in [5, 5.41) is 2.89. The van der Waals surface area contributed by atoms with E-state index >= 15 is 0 Å². The van der Waals surface area contributed by atoms with Crippen LogP contribution in [0.25, 0.3) is 0 Å². The monoisotopic (exact) mass is 273 g/mol. The maximum Gasteiger partial charge on any atom is 0.269 e. The molecule has 2 rings (SSSR count). The van der Waals surface area contributed by atoms with E-state index in [0.717, 1.165) is 31.6 Å². The van der Waals surface area contributed by atoms with E-state index in [0.29, 0.717) is 24.7 Å². The summed E-state index contributed by atoms with van der Waals surface area (Å²) in [5.74, 6) is 5.86. The number of pyridine rings is 1. The van der Waals surface area contributed by atoms with Gasteiger partial charge in [-0.15, -0.1) is 0 Å². The summed E-state index contributed by atoms with van der Waals surface area (Å²) in [5.41, 5.74) is 6.46. The standard InChI is InChI=1S/C15H19N3O2/c16-7-1-3-12-5-6-14(17-9-12)15(19)18-10-13-4-2-8-20-11-13/h5-6,9,13H,2,4,7-8,10-11,16H2,(H,18,19). The molecule has 0 bridgehead atoms. The van der Waals surface area contributed by atoms with Gasteiger partial charge in [0.2, 0.25) is 0 Å². The number of nitrogens with zero attached hydrogens (tertiary/aromatic N) is 1. The van der Waals surface area contributed by atoms with Gasteiger partial charge in [0, 0.05) is 24.9 Å². The molecule has 0 saturated carbocycles. The van der Waals surface area contributed by atoms with Crippen molar-refractivity contribution in [2.45, 2.75) is 12.8 Å². The molecule has 1 aliphatic heterocycles. The van der Waals surface area contributed by atoms with E-state index in [1.165, 1.54) is 0 Å². The summed E-state index contributed by atoms with van der Waals surface area (Å²) in [6, 6.07) is 3.45. The van der Waals surface area contributed by atoms with Crippen LogP contribution in [0, 0.1) is 17.8 Å². The average Bonchev–Trinajstić information content (AvgIpc) is 2.52. The van der Waals surface area contributed by atoms with Crippen LogP contribution in [0.15, 0.2) is 18.3 Å². The molecular formula is C15H19N3O2. The van der Waals surface area contributed by atoms with Crippen LogP contribution in [0.1, 0.15) is 28.9 Å². The van der Waals surface area contributed by atoms with Crippen LogP contribution in [0.5, 0.6) is 0 Å². The molecule has 0 spiro atoms. The van der Waals surface area contributed by atoms with E-state index in [2.05, 4.69) is 22.1 Å². The topological polar surface area (TPSA) is 77.2 Å². The molecule has 0 radical (unpaired) electrons. The van der Waals surface area contributed by atoms with Gasteiger partial charge in [-0.3, -0.25) is 4.79 Å². The third-order valence-electron chi connectivity index (χ3n) is 3.14. The number of rotatable bonds is 3. The van der Waals surface area contributed by atoms with Crippen LogP contribution in [0.4, 0.5) is 0 Å². The van der Waals surface area contributed by atoms with Crippen LogP contribution in [0.3, 0.4) is 0 Å². The Morgan fingerprint density at radius 3 is 3.10 bits per heavy atom. The van der Waals surface area contributed by atoms with Crippen LogP contribution >= 0.6 is 0 Å². The zero-order valence-electron chi connectivity index (χ0n) is 11.4. The quantitative estimate of drug-likeness (QED) is 0.788. The normalized spacial score (nSPS) is 17.9. The largest absolute Gasteiger partial charge is 0.381 e. The van der Waals surface area contributed by atoms with Crippen molar-refractivity contribution in [3.8, 4) is 11.8 Å². The van der Waals surface area contributed by atoms with Crippen molar-refractivity contribution in [2.24, 2.45) is 11.7 Å².